The maximum Gasteiger partial charge on any atom is 0.408 e. The van der Waals surface area contributed by atoms with Gasteiger partial charge in [-0.05, 0) is 18.9 Å². The predicted molar refractivity (Wildman–Crippen MR) is 113 cm³/mol. The molecular formula is C22H33N3O5. The van der Waals surface area contributed by atoms with Gasteiger partial charge in [0.1, 0.15) is 0 Å². The highest BCUT2D eigenvalue weighted by Crippen LogP contribution is 2.27. The maximum atomic E-state index is 12.6. The third-order valence-electron chi connectivity index (χ3n) is 5.37. The zero-order chi connectivity index (χ0) is 22.3. The number of unbranched alkanes of at least 4 members (excludes halogenated alkanes) is 1. The molecule has 0 spiro atoms. The fourth-order valence-corrected chi connectivity index (χ4v) is 3.40. The number of benzene rings is 1. The van der Waals surface area contributed by atoms with Crippen molar-refractivity contribution in [1.82, 2.24) is 16.0 Å². The Hall–Kier alpha value is -2.61. The lowest BCUT2D eigenvalue weighted by Gasteiger charge is -2.27. The SMILES string of the molecule is CCCCC(NC(=O)O[C@@H]1C(=O)NCC1(C)C)C(O)C(=O)N[C@H](C)c1ccccc1. The van der Waals surface area contributed by atoms with Gasteiger partial charge < -0.3 is 25.8 Å². The van der Waals surface area contributed by atoms with Gasteiger partial charge in [-0.2, -0.15) is 0 Å². The number of hydrogen-bond acceptors (Lipinski definition) is 5. The molecule has 3 amide bonds. The first-order chi connectivity index (χ1) is 14.2. The average Bonchev–Trinajstić information content (AvgIpc) is 2.97. The van der Waals surface area contributed by atoms with E-state index in [1.165, 1.54) is 0 Å². The van der Waals surface area contributed by atoms with E-state index in [2.05, 4.69) is 16.0 Å². The monoisotopic (exact) mass is 419 g/mol. The molecule has 2 rings (SSSR count). The van der Waals surface area contributed by atoms with E-state index in [4.69, 9.17) is 4.74 Å². The van der Waals surface area contributed by atoms with Gasteiger partial charge in [-0.3, -0.25) is 9.59 Å². The fourth-order valence-electron chi connectivity index (χ4n) is 3.40. The van der Waals surface area contributed by atoms with Gasteiger partial charge in [-0.1, -0.05) is 63.9 Å². The summed E-state index contributed by atoms with van der Waals surface area (Å²) in [7, 11) is 0. The van der Waals surface area contributed by atoms with Crippen LogP contribution in [0.2, 0.25) is 0 Å². The molecule has 8 nitrogen and oxygen atoms in total. The van der Waals surface area contributed by atoms with Crippen LogP contribution in [-0.4, -0.2) is 47.8 Å². The van der Waals surface area contributed by atoms with Gasteiger partial charge in [0.15, 0.2) is 12.2 Å². The molecule has 1 aliphatic rings. The Kier molecular flexibility index (Phi) is 8.23. The van der Waals surface area contributed by atoms with Crippen LogP contribution in [0.25, 0.3) is 0 Å². The van der Waals surface area contributed by atoms with Crippen molar-refractivity contribution in [3.05, 3.63) is 35.9 Å². The largest absolute Gasteiger partial charge is 0.435 e. The maximum absolute atomic E-state index is 12.6. The van der Waals surface area contributed by atoms with Gasteiger partial charge in [0.05, 0.1) is 12.1 Å². The Morgan fingerprint density at radius 2 is 1.93 bits per heavy atom. The lowest BCUT2D eigenvalue weighted by Crippen LogP contribution is -2.52. The molecule has 1 saturated heterocycles. The second kappa shape index (κ2) is 10.4. The summed E-state index contributed by atoms with van der Waals surface area (Å²) in [6.07, 6.45) is -1.25. The Morgan fingerprint density at radius 1 is 1.27 bits per heavy atom. The Morgan fingerprint density at radius 3 is 2.50 bits per heavy atom. The van der Waals surface area contributed by atoms with Crippen LogP contribution in [-0.2, 0) is 14.3 Å². The summed E-state index contributed by atoms with van der Waals surface area (Å²) < 4.78 is 5.32. The number of aliphatic hydroxyl groups is 1. The third kappa shape index (κ3) is 6.19. The van der Waals surface area contributed by atoms with Gasteiger partial charge in [-0.25, -0.2) is 4.79 Å². The van der Waals surface area contributed by atoms with Crippen molar-refractivity contribution >= 4 is 17.9 Å². The van der Waals surface area contributed by atoms with E-state index in [0.717, 1.165) is 12.0 Å². The first-order valence-electron chi connectivity index (χ1n) is 10.4. The Balaban J connectivity index is 2.00. The lowest BCUT2D eigenvalue weighted by atomic mass is 9.90. The number of carbonyl (C=O) groups excluding carboxylic acids is 3. The van der Waals surface area contributed by atoms with Crippen molar-refractivity contribution in [2.24, 2.45) is 5.41 Å². The van der Waals surface area contributed by atoms with Crippen molar-refractivity contribution in [2.75, 3.05) is 6.54 Å². The second-order valence-corrected chi connectivity index (χ2v) is 8.47. The minimum Gasteiger partial charge on any atom is -0.435 e. The molecule has 0 aliphatic carbocycles. The zero-order valence-corrected chi connectivity index (χ0v) is 18.1. The number of amides is 3. The van der Waals surface area contributed by atoms with Crippen molar-refractivity contribution in [1.29, 1.82) is 0 Å². The molecule has 0 bridgehead atoms. The van der Waals surface area contributed by atoms with Crippen LogP contribution in [0.3, 0.4) is 0 Å². The minimum atomic E-state index is -1.44. The number of ether oxygens (including phenoxy) is 1. The van der Waals surface area contributed by atoms with Crippen molar-refractivity contribution in [3.63, 3.8) is 0 Å². The summed E-state index contributed by atoms with van der Waals surface area (Å²) in [6.45, 7) is 7.86. The smallest absolute Gasteiger partial charge is 0.408 e. The molecule has 1 fully saturated rings. The Bertz CT molecular complexity index is 738. The van der Waals surface area contributed by atoms with Gasteiger partial charge in [0.2, 0.25) is 0 Å². The van der Waals surface area contributed by atoms with Gasteiger partial charge >= 0.3 is 6.09 Å². The predicted octanol–water partition coefficient (Wildman–Crippen LogP) is 2.03. The summed E-state index contributed by atoms with van der Waals surface area (Å²) in [5.41, 5.74) is 0.374. The van der Waals surface area contributed by atoms with E-state index in [9.17, 15) is 19.5 Å². The van der Waals surface area contributed by atoms with Crippen LogP contribution in [0.15, 0.2) is 30.3 Å². The molecular weight excluding hydrogens is 386 g/mol. The fraction of sp³-hybridized carbons (Fsp3) is 0.591. The number of aliphatic hydroxyl groups excluding tert-OH is 1. The standard InChI is InChI=1S/C22H33N3O5/c1-5-6-12-16(25-21(29)30-18-20(28)23-13-22(18,3)4)17(26)19(27)24-14(2)15-10-8-7-9-11-15/h7-11,14,16-18,26H,5-6,12-13H2,1-4H3,(H,23,28)(H,24,27)(H,25,29)/t14-,16?,17?,18-/m1/s1. The molecule has 8 heteroatoms. The van der Waals surface area contributed by atoms with Crippen molar-refractivity contribution in [2.45, 2.75) is 71.2 Å². The van der Waals surface area contributed by atoms with Crippen molar-refractivity contribution in [3.8, 4) is 0 Å². The topological polar surface area (TPSA) is 117 Å². The minimum absolute atomic E-state index is 0.296. The van der Waals surface area contributed by atoms with E-state index in [1.807, 2.05) is 58.0 Å². The summed E-state index contributed by atoms with van der Waals surface area (Å²) >= 11 is 0. The van der Waals surface area contributed by atoms with Gasteiger partial charge in [0.25, 0.3) is 11.8 Å². The van der Waals surface area contributed by atoms with Crippen LogP contribution in [0.5, 0.6) is 0 Å². The van der Waals surface area contributed by atoms with E-state index < -0.39 is 35.7 Å². The van der Waals surface area contributed by atoms with Crippen LogP contribution < -0.4 is 16.0 Å². The second-order valence-electron chi connectivity index (χ2n) is 8.47. The molecule has 166 valence electrons. The van der Waals surface area contributed by atoms with Crippen LogP contribution in [0.1, 0.15) is 58.6 Å². The van der Waals surface area contributed by atoms with E-state index in [1.54, 1.807) is 0 Å². The molecule has 1 aromatic carbocycles. The number of hydrogen-bond donors (Lipinski definition) is 4. The Labute approximate surface area is 177 Å². The third-order valence-corrected chi connectivity index (χ3v) is 5.37. The molecule has 4 atom stereocenters. The number of carbonyl (C=O) groups is 3. The molecule has 0 radical (unpaired) electrons. The molecule has 0 saturated carbocycles. The van der Waals surface area contributed by atoms with E-state index >= 15 is 0 Å². The molecule has 1 aromatic rings. The van der Waals surface area contributed by atoms with E-state index in [0.29, 0.717) is 19.4 Å². The highest BCUT2D eigenvalue weighted by molar-refractivity contribution is 5.87. The van der Waals surface area contributed by atoms with Gasteiger partial charge in [-0.15, -0.1) is 0 Å². The molecule has 4 N–H and O–H groups in total. The average molecular weight is 420 g/mol. The van der Waals surface area contributed by atoms with Crippen LogP contribution >= 0.6 is 0 Å². The van der Waals surface area contributed by atoms with Crippen LogP contribution in [0.4, 0.5) is 4.79 Å². The zero-order valence-electron chi connectivity index (χ0n) is 18.1. The normalized spacial score (nSPS) is 20.6. The summed E-state index contributed by atoms with van der Waals surface area (Å²) in [5.74, 6) is -0.929. The van der Waals surface area contributed by atoms with Crippen LogP contribution in [0, 0.1) is 5.41 Å². The summed E-state index contributed by atoms with van der Waals surface area (Å²) in [6, 6.07) is 8.28. The highest BCUT2D eigenvalue weighted by Gasteiger charge is 2.44. The molecule has 30 heavy (non-hydrogen) atoms. The molecule has 1 heterocycles. The molecule has 1 aliphatic heterocycles. The number of alkyl carbamates (subject to hydrolysis) is 1. The number of nitrogens with one attached hydrogen (secondary N) is 3. The van der Waals surface area contributed by atoms with Crippen molar-refractivity contribution < 1.29 is 24.2 Å². The van der Waals surface area contributed by atoms with Gasteiger partial charge in [0, 0.05) is 12.0 Å². The highest BCUT2D eigenvalue weighted by atomic mass is 16.6. The number of rotatable bonds is 9. The first-order valence-corrected chi connectivity index (χ1v) is 10.4. The molecule has 2 unspecified atom stereocenters. The molecule has 0 aromatic heterocycles. The summed E-state index contributed by atoms with van der Waals surface area (Å²) in [4.78, 5) is 37.0. The summed E-state index contributed by atoms with van der Waals surface area (Å²) in [5, 5.41) is 18.6. The quantitative estimate of drug-likeness (QED) is 0.489. The lowest BCUT2D eigenvalue weighted by molar-refractivity contribution is -0.132. The first kappa shape index (κ1) is 23.7. The van der Waals surface area contributed by atoms with E-state index in [-0.39, 0.29) is 11.9 Å².